The number of anilines is 1. The first kappa shape index (κ1) is 16.4. The van der Waals surface area contributed by atoms with Crippen LogP contribution in [0.3, 0.4) is 0 Å². The maximum Gasteiger partial charge on any atom is 0.290 e. The van der Waals surface area contributed by atoms with E-state index in [0.29, 0.717) is 18.7 Å². The predicted octanol–water partition coefficient (Wildman–Crippen LogP) is 3.54. The number of nitrogens with zero attached hydrogens (tertiary/aromatic N) is 2. The topological polar surface area (TPSA) is 53.8 Å². The molecule has 0 atom stereocenters. The van der Waals surface area contributed by atoms with Crippen LogP contribution < -0.4 is 4.90 Å². The van der Waals surface area contributed by atoms with Gasteiger partial charge in [-0.1, -0.05) is 29.3 Å². The lowest BCUT2D eigenvalue weighted by Gasteiger charge is -2.34. The zero-order chi connectivity index (χ0) is 18.3. The van der Waals surface area contributed by atoms with Gasteiger partial charge in [-0.15, -0.1) is 0 Å². The van der Waals surface area contributed by atoms with Crippen LogP contribution >= 0.6 is 0 Å². The minimum Gasteiger partial charge on any atom is -0.451 e. The standard InChI is InChI=1S/C21H20N2O3/c1-14-3-6-17(7-4-14)23-10-9-22(13-20(23)24)21(25)19-12-16-11-15(2)5-8-18(16)26-19/h3-8,11-12H,9-10,13H2,1-2H3. The molecule has 1 aromatic heterocycles. The van der Waals surface area contributed by atoms with Crippen molar-refractivity contribution < 1.29 is 14.0 Å². The zero-order valence-electron chi connectivity index (χ0n) is 14.9. The highest BCUT2D eigenvalue weighted by molar-refractivity contribution is 6.02. The van der Waals surface area contributed by atoms with Crippen molar-refractivity contribution in [3.63, 3.8) is 0 Å². The molecule has 1 aliphatic heterocycles. The number of carbonyl (C=O) groups is 2. The largest absolute Gasteiger partial charge is 0.451 e. The summed E-state index contributed by atoms with van der Waals surface area (Å²) < 4.78 is 5.68. The Labute approximate surface area is 151 Å². The van der Waals surface area contributed by atoms with Crippen molar-refractivity contribution in [3.8, 4) is 0 Å². The fraction of sp³-hybridized carbons (Fsp3) is 0.238. The molecule has 0 aliphatic carbocycles. The van der Waals surface area contributed by atoms with E-state index in [1.807, 2.05) is 56.3 Å². The van der Waals surface area contributed by atoms with Gasteiger partial charge >= 0.3 is 0 Å². The summed E-state index contributed by atoms with van der Waals surface area (Å²) >= 11 is 0. The Kier molecular flexibility index (Phi) is 3.99. The molecule has 4 rings (SSSR count). The lowest BCUT2D eigenvalue weighted by molar-refractivity contribution is -0.120. The van der Waals surface area contributed by atoms with Crippen molar-refractivity contribution >= 4 is 28.5 Å². The number of rotatable bonds is 2. The van der Waals surface area contributed by atoms with Gasteiger partial charge in [0.1, 0.15) is 12.1 Å². The Hall–Kier alpha value is -3.08. The smallest absolute Gasteiger partial charge is 0.290 e. The van der Waals surface area contributed by atoms with Crippen LogP contribution in [0.25, 0.3) is 11.0 Å². The number of piperazine rings is 1. The van der Waals surface area contributed by atoms with Gasteiger partial charge in [0.25, 0.3) is 5.91 Å². The van der Waals surface area contributed by atoms with E-state index in [9.17, 15) is 9.59 Å². The van der Waals surface area contributed by atoms with Gasteiger partial charge in [-0.3, -0.25) is 9.59 Å². The number of hydrogen-bond donors (Lipinski definition) is 0. The minimum absolute atomic E-state index is 0.0583. The molecule has 1 saturated heterocycles. The number of hydrogen-bond acceptors (Lipinski definition) is 3. The predicted molar refractivity (Wildman–Crippen MR) is 100 cm³/mol. The Morgan fingerprint density at radius 2 is 1.69 bits per heavy atom. The summed E-state index contributed by atoms with van der Waals surface area (Å²) in [7, 11) is 0. The first-order valence-electron chi connectivity index (χ1n) is 8.68. The minimum atomic E-state index is -0.240. The average molecular weight is 348 g/mol. The van der Waals surface area contributed by atoms with Gasteiger partial charge in [0.15, 0.2) is 5.76 Å². The fourth-order valence-electron chi connectivity index (χ4n) is 3.27. The molecule has 2 heterocycles. The van der Waals surface area contributed by atoms with Gasteiger partial charge < -0.3 is 14.2 Å². The number of fused-ring (bicyclic) bond motifs is 1. The normalized spacial score (nSPS) is 14.9. The van der Waals surface area contributed by atoms with Crippen LogP contribution in [-0.4, -0.2) is 36.3 Å². The number of amides is 2. The third kappa shape index (κ3) is 2.96. The molecule has 5 nitrogen and oxygen atoms in total. The lowest BCUT2D eigenvalue weighted by Crippen LogP contribution is -2.52. The molecule has 1 aliphatic rings. The van der Waals surface area contributed by atoms with Crippen LogP contribution in [0.5, 0.6) is 0 Å². The van der Waals surface area contributed by atoms with E-state index >= 15 is 0 Å². The van der Waals surface area contributed by atoms with Crippen LogP contribution in [0.1, 0.15) is 21.7 Å². The number of carbonyl (C=O) groups excluding carboxylic acids is 2. The number of furan rings is 1. The van der Waals surface area contributed by atoms with E-state index in [2.05, 4.69) is 0 Å². The van der Waals surface area contributed by atoms with E-state index < -0.39 is 0 Å². The van der Waals surface area contributed by atoms with Gasteiger partial charge in [0.2, 0.25) is 5.91 Å². The highest BCUT2D eigenvalue weighted by Crippen LogP contribution is 2.23. The summed E-state index contributed by atoms with van der Waals surface area (Å²) in [6.07, 6.45) is 0. The first-order valence-corrected chi connectivity index (χ1v) is 8.68. The molecule has 3 aromatic rings. The van der Waals surface area contributed by atoms with Crippen LogP contribution in [0.15, 0.2) is 52.9 Å². The quantitative estimate of drug-likeness (QED) is 0.712. The summed E-state index contributed by atoms with van der Waals surface area (Å²) in [4.78, 5) is 28.6. The Morgan fingerprint density at radius 3 is 2.42 bits per heavy atom. The lowest BCUT2D eigenvalue weighted by atomic mass is 10.1. The summed E-state index contributed by atoms with van der Waals surface area (Å²) in [6.45, 7) is 5.03. The van der Waals surface area contributed by atoms with Gasteiger partial charge in [0, 0.05) is 24.2 Å². The molecule has 0 N–H and O–H groups in total. The number of benzene rings is 2. The van der Waals surface area contributed by atoms with Crippen molar-refractivity contribution in [3.05, 3.63) is 65.4 Å². The molecule has 0 saturated carbocycles. The van der Waals surface area contributed by atoms with E-state index in [4.69, 9.17) is 4.42 Å². The van der Waals surface area contributed by atoms with Crippen molar-refractivity contribution in [2.75, 3.05) is 24.5 Å². The van der Waals surface area contributed by atoms with Crippen LogP contribution in [-0.2, 0) is 4.79 Å². The van der Waals surface area contributed by atoms with Crippen molar-refractivity contribution in [1.29, 1.82) is 0 Å². The second kappa shape index (κ2) is 6.33. The van der Waals surface area contributed by atoms with Gasteiger partial charge in [0.05, 0.1) is 0 Å². The Balaban J connectivity index is 1.51. The molecule has 5 heteroatoms. The summed E-state index contributed by atoms with van der Waals surface area (Å²) in [6, 6.07) is 15.4. The highest BCUT2D eigenvalue weighted by atomic mass is 16.3. The highest BCUT2D eigenvalue weighted by Gasteiger charge is 2.30. The Bertz CT molecular complexity index is 988. The van der Waals surface area contributed by atoms with Crippen LogP contribution in [0, 0.1) is 13.8 Å². The van der Waals surface area contributed by atoms with Crippen LogP contribution in [0.4, 0.5) is 5.69 Å². The second-order valence-electron chi connectivity index (χ2n) is 6.76. The SMILES string of the molecule is Cc1ccc(N2CCN(C(=O)c3cc4cc(C)ccc4o3)CC2=O)cc1. The monoisotopic (exact) mass is 348 g/mol. The van der Waals surface area contributed by atoms with Gasteiger partial charge in [-0.05, 0) is 44.2 Å². The van der Waals surface area contributed by atoms with Crippen molar-refractivity contribution in [2.45, 2.75) is 13.8 Å². The first-order chi connectivity index (χ1) is 12.5. The molecular weight excluding hydrogens is 328 g/mol. The molecule has 2 aromatic carbocycles. The summed E-state index contributed by atoms with van der Waals surface area (Å²) in [5.74, 6) is -0.0432. The average Bonchev–Trinajstić information content (AvgIpc) is 3.05. The third-order valence-corrected chi connectivity index (χ3v) is 4.74. The van der Waals surface area contributed by atoms with E-state index in [-0.39, 0.29) is 24.1 Å². The molecule has 0 bridgehead atoms. The Morgan fingerprint density at radius 1 is 0.962 bits per heavy atom. The molecular formula is C21H20N2O3. The number of aryl methyl sites for hydroxylation is 2. The van der Waals surface area contributed by atoms with Gasteiger partial charge in [-0.2, -0.15) is 0 Å². The van der Waals surface area contributed by atoms with E-state index in [1.54, 1.807) is 15.9 Å². The molecule has 132 valence electrons. The van der Waals surface area contributed by atoms with E-state index in [0.717, 1.165) is 22.2 Å². The molecule has 26 heavy (non-hydrogen) atoms. The third-order valence-electron chi connectivity index (χ3n) is 4.74. The second-order valence-corrected chi connectivity index (χ2v) is 6.76. The summed E-state index contributed by atoms with van der Waals surface area (Å²) in [5, 5.41) is 0.901. The van der Waals surface area contributed by atoms with Gasteiger partial charge in [-0.25, -0.2) is 0 Å². The molecule has 1 fully saturated rings. The maximum absolute atomic E-state index is 12.7. The molecule has 0 unspecified atom stereocenters. The van der Waals surface area contributed by atoms with Crippen molar-refractivity contribution in [1.82, 2.24) is 4.90 Å². The van der Waals surface area contributed by atoms with Crippen molar-refractivity contribution in [2.24, 2.45) is 0 Å². The maximum atomic E-state index is 12.7. The van der Waals surface area contributed by atoms with Crippen LogP contribution in [0.2, 0.25) is 0 Å². The van der Waals surface area contributed by atoms with E-state index in [1.165, 1.54) is 0 Å². The summed E-state index contributed by atoms with van der Waals surface area (Å²) in [5.41, 5.74) is 3.81. The fourth-order valence-corrected chi connectivity index (χ4v) is 3.27. The molecule has 2 amide bonds. The zero-order valence-corrected chi connectivity index (χ0v) is 14.9. The molecule has 0 spiro atoms. The molecule has 0 radical (unpaired) electrons.